The SMILES string of the molecule is O=C(O)CC(NC(=O)C1N(C(=O)c2cccc([N+](=O)[O-])c2)CCN1S(=O)(=O)c1cccs1)C1CCCCC1. The molecule has 1 aromatic carbocycles. The summed E-state index contributed by atoms with van der Waals surface area (Å²) in [6.07, 6.45) is 2.36. The Morgan fingerprint density at radius 1 is 1.13 bits per heavy atom. The Bertz CT molecular complexity index is 1310. The van der Waals surface area contributed by atoms with Crippen molar-refractivity contribution in [1.82, 2.24) is 14.5 Å². The van der Waals surface area contributed by atoms with Crippen LogP contribution in [-0.2, 0) is 19.6 Å². The van der Waals surface area contributed by atoms with Crippen LogP contribution in [0.1, 0.15) is 48.9 Å². The highest BCUT2D eigenvalue weighted by molar-refractivity contribution is 7.91. The van der Waals surface area contributed by atoms with Crippen molar-refractivity contribution in [2.75, 3.05) is 13.1 Å². The highest BCUT2D eigenvalue weighted by Gasteiger charge is 2.48. The summed E-state index contributed by atoms with van der Waals surface area (Å²) in [5, 5.41) is 25.0. The average Bonchev–Trinajstić information content (AvgIpc) is 3.60. The van der Waals surface area contributed by atoms with Crippen LogP contribution in [0.25, 0.3) is 0 Å². The quantitative estimate of drug-likeness (QED) is 0.346. The van der Waals surface area contributed by atoms with Crippen LogP contribution in [0.3, 0.4) is 0 Å². The van der Waals surface area contributed by atoms with Gasteiger partial charge in [0.05, 0.1) is 11.3 Å². The summed E-state index contributed by atoms with van der Waals surface area (Å²) in [7, 11) is -4.17. The molecule has 1 aromatic heterocycles. The Hall–Kier alpha value is -3.36. The van der Waals surface area contributed by atoms with Gasteiger partial charge in [0, 0.05) is 36.8 Å². The standard InChI is InChI=1S/C24H28N4O8S2/c29-20(30)15-19(16-6-2-1-3-7-16)25-22(31)23-26(24(32)17-8-4-9-18(14-17)28(33)34)11-12-27(23)38(35,36)21-10-5-13-37-21/h4-5,8-10,13-14,16,19,23H,1-3,6-7,11-12,15H2,(H,25,31)(H,29,30). The number of hydrogen-bond acceptors (Lipinski definition) is 8. The molecule has 1 aliphatic carbocycles. The molecule has 2 atom stereocenters. The fourth-order valence-electron chi connectivity index (χ4n) is 5.10. The van der Waals surface area contributed by atoms with Gasteiger partial charge in [-0.15, -0.1) is 11.3 Å². The second-order valence-electron chi connectivity index (χ2n) is 9.34. The number of carbonyl (C=O) groups is 3. The number of nitrogens with zero attached hydrogens (tertiary/aromatic N) is 3. The van der Waals surface area contributed by atoms with E-state index in [1.807, 2.05) is 0 Å². The second kappa shape index (κ2) is 11.6. The Morgan fingerprint density at radius 2 is 1.87 bits per heavy atom. The first-order valence-corrected chi connectivity index (χ1v) is 14.5. The molecule has 204 valence electrons. The van der Waals surface area contributed by atoms with Crippen molar-refractivity contribution in [2.45, 2.75) is 54.9 Å². The van der Waals surface area contributed by atoms with Crippen LogP contribution in [0.15, 0.2) is 46.0 Å². The van der Waals surface area contributed by atoms with Crippen LogP contribution >= 0.6 is 11.3 Å². The number of benzene rings is 1. The van der Waals surface area contributed by atoms with E-state index >= 15 is 0 Å². The number of amides is 2. The Kier molecular flexibility index (Phi) is 8.43. The monoisotopic (exact) mass is 564 g/mol. The molecule has 14 heteroatoms. The fourth-order valence-corrected chi connectivity index (χ4v) is 7.77. The highest BCUT2D eigenvalue weighted by Crippen LogP contribution is 2.31. The lowest BCUT2D eigenvalue weighted by Crippen LogP contribution is -2.56. The molecule has 0 bridgehead atoms. The average molecular weight is 565 g/mol. The van der Waals surface area contributed by atoms with Crippen LogP contribution < -0.4 is 5.32 Å². The maximum absolute atomic E-state index is 13.7. The van der Waals surface area contributed by atoms with Crippen molar-refractivity contribution in [2.24, 2.45) is 5.92 Å². The van der Waals surface area contributed by atoms with Gasteiger partial charge in [0.15, 0.2) is 6.17 Å². The van der Waals surface area contributed by atoms with Crippen molar-refractivity contribution >= 4 is 44.8 Å². The lowest BCUT2D eigenvalue weighted by atomic mass is 9.82. The predicted octanol–water partition coefficient (Wildman–Crippen LogP) is 2.67. The zero-order chi connectivity index (χ0) is 27.4. The number of hydrogen-bond donors (Lipinski definition) is 2. The number of non-ortho nitro benzene ring substituents is 1. The zero-order valence-corrected chi connectivity index (χ0v) is 22.0. The molecule has 1 saturated carbocycles. The van der Waals surface area contributed by atoms with E-state index in [4.69, 9.17) is 0 Å². The number of carboxylic acid groups (broad SMARTS) is 1. The molecule has 4 rings (SSSR count). The summed E-state index contributed by atoms with van der Waals surface area (Å²) in [5.41, 5.74) is -0.389. The molecule has 12 nitrogen and oxygen atoms in total. The lowest BCUT2D eigenvalue weighted by molar-refractivity contribution is -0.384. The molecule has 2 aliphatic rings. The van der Waals surface area contributed by atoms with Gasteiger partial charge in [0.2, 0.25) is 0 Å². The molecule has 2 heterocycles. The van der Waals surface area contributed by atoms with Crippen LogP contribution in [0.4, 0.5) is 5.69 Å². The number of nitro benzene ring substituents is 1. The second-order valence-corrected chi connectivity index (χ2v) is 12.4. The molecular formula is C24H28N4O8S2. The molecular weight excluding hydrogens is 536 g/mol. The topological polar surface area (TPSA) is 167 Å². The third-order valence-corrected chi connectivity index (χ3v) is 10.2. The lowest BCUT2D eigenvalue weighted by Gasteiger charge is -2.33. The summed E-state index contributed by atoms with van der Waals surface area (Å²) < 4.78 is 27.8. The Balaban J connectivity index is 1.68. The van der Waals surface area contributed by atoms with E-state index in [0.717, 1.165) is 58.7 Å². The van der Waals surface area contributed by atoms with Gasteiger partial charge in [-0.3, -0.25) is 24.5 Å². The molecule has 0 radical (unpaired) electrons. The number of sulfonamides is 1. The third kappa shape index (κ3) is 5.87. The summed E-state index contributed by atoms with van der Waals surface area (Å²) in [6.45, 7) is -0.302. The Morgan fingerprint density at radius 3 is 2.50 bits per heavy atom. The first kappa shape index (κ1) is 27.7. The molecule has 2 aromatic rings. The smallest absolute Gasteiger partial charge is 0.305 e. The Labute approximate surface area is 223 Å². The first-order valence-electron chi connectivity index (χ1n) is 12.2. The van der Waals surface area contributed by atoms with Gasteiger partial charge in [-0.05, 0) is 36.3 Å². The van der Waals surface area contributed by atoms with E-state index in [1.165, 1.54) is 24.3 Å². The van der Waals surface area contributed by atoms with Crippen molar-refractivity contribution < 1.29 is 32.8 Å². The minimum Gasteiger partial charge on any atom is -0.481 e. The maximum atomic E-state index is 13.7. The summed E-state index contributed by atoms with van der Waals surface area (Å²) in [6, 6.07) is 7.21. The molecule has 1 saturated heterocycles. The molecule has 38 heavy (non-hydrogen) atoms. The predicted molar refractivity (Wildman–Crippen MR) is 137 cm³/mol. The van der Waals surface area contributed by atoms with Gasteiger partial charge in [0.25, 0.3) is 27.5 Å². The van der Waals surface area contributed by atoms with Gasteiger partial charge < -0.3 is 15.3 Å². The largest absolute Gasteiger partial charge is 0.481 e. The van der Waals surface area contributed by atoms with Crippen LogP contribution in [-0.4, -0.2) is 70.7 Å². The van der Waals surface area contributed by atoms with Crippen molar-refractivity contribution in [3.63, 3.8) is 0 Å². The number of nitrogens with one attached hydrogen (secondary N) is 1. The van der Waals surface area contributed by atoms with Crippen LogP contribution in [0.5, 0.6) is 0 Å². The molecule has 2 unspecified atom stereocenters. The molecule has 2 amide bonds. The van der Waals surface area contributed by atoms with E-state index in [2.05, 4.69) is 5.32 Å². The van der Waals surface area contributed by atoms with Gasteiger partial charge in [-0.25, -0.2) is 8.42 Å². The summed E-state index contributed by atoms with van der Waals surface area (Å²) in [4.78, 5) is 50.4. The fraction of sp³-hybridized carbons (Fsp3) is 0.458. The van der Waals surface area contributed by atoms with Gasteiger partial charge in [0.1, 0.15) is 4.21 Å². The number of nitro groups is 1. The number of carbonyl (C=O) groups excluding carboxylic acids is 2. The van der Waals surface area contributed by atoms with E-state index in [9.17, 15) is 38.0 Å². The van der Waals surface area contributed by atoms with Gasteiger partial charge in [-0.2, -0.15) is 4.31 Å². The normalized spacial score (nSPS) is 19.7. The van der Waals surface area contributed by atoms with E-state index in [-0.39, 0.29) is 40.9 Å². The minimum absolute atomic E-state index is 0.00526. The van der Waals surface area contributed by atoms with Gasteiger partial charge >= 0.3 is 5.97 Å². The van der Waals surface area contributed by atoms with Crippen molar-refractivity contribution in [3.05, 3.63) is 57.5 Å². The van der Waals surface area contributed by atoms with Gasteiger partial charge in [-0.1, -0.05) is 31.4 Å². The van der Waals surface area contributed by atoms with E-state index in [1.54, 1.807) is 11.4 Å². The number of rotatable bonds is 9. The number of carboxylic acids is 1. The summed E-state index contributed by atoms with van der Waals surface area (Å²) >= 11 is 0.969. The third-order valence-electron chi connectivity index (χ3n) is 6.93. The number of thiophene rings is 1. The zero-order valence-electron chi connectivity index (χ0n) is 20.4. The molecule has 1 aliphatic heterocycles. The highest BCUT2D eigenvalue weighted by atomic mass is 32.2. The maximum Gasteiger partial charge on any atom is 0.305 e. The van der Waals surface area contributed by atoms with Crippen molar-refractivity contribution in [3.8, 4) is 0 Å². The van der Waals surface area contributed by atoms with Crippen molar-refractivity contribution in [1.29, 1.82) is 0 Å². The molecule has 2 N–H and O–H groups in total. The summed E-state index contributed by atoms with van der Waals surface area (Å²) in [5.74, 6) is -2.74. The number of aliphatic carboxylic acids is 1. The minimum atomic E-state index is -4.17. The van der Waals surface area contributed by atoms with E-state index < -0.39 is 44.9 Å². The van der Waals surface area contributed by atoms with Crippen LogP contribution in [0, 0.1) is 16.0 Å². The van der Waals surface area contributed by atoms with E-state index in [0.29, 0.717) is 0 Å². The first-order chi connectivity index (χ1) is 18.1. The molecule has 0 spiro atoms. The molecule has 2 fully saturated rings. The van der Waals surface area contributed by atoms with Crippen LogP contribution in [0.2, 0.25) is 0 Å².